The van der Waals surface area contributed by atoms with Gasteiger partial charge in [0, 0.05) is 68.3 Å². The molecule has 2 saturated heterocycles. The van der Waals surface area contributed by atoms with Gasteiger partial charge in [0.2, 0.25) is 5.91 Å². The highest BCUT2D eigenvalue weighted by molar-refractivity contribution is 6.31. The summed E-state index contributed by atoms with van der Waals surface area (Å²) in [6, 6.07) is 4.55. The van der Waals surface area contributed by atoms with Crippen LogP contribution in [0.4, 0.5) is 14.5 Å². The number of anilines is 1. The normalized spacial score (nSPS) is 19.2. The van der Waals surface area contributed by atoms with E-state index in [9.17, 15) is 18.4 Å². The molecule has 5 rings (SSSR count). The second kappa shape index (κ2) is 13.6. The number of allylic oxidation sites excluding steroid dienone is 1. The first-order valence-corrected chi connectivity index (χ1v) is 14.7. The summed E-state index contributed by atoms with van der Waals surface area (Å²) >= 11 is 6.25. The number of hydrogen-bond acceptors (Lipinski definition) is 8. The Morgan fingerprint density at radius 1 is 1.16 bits per heavy atom. The number of likely N-dealkylation sites (tertiary alicyclic amines) is 2. The fourth-order valence-electron chi connectivity index (χ4n) is 5.82. The lowest BCUT2D eigenvalue weighted by atomic mass is 9.98. The van der Waals surface area contributed by atoms with Gasteiger partial charge in [-0.25, -0.2) is 4.99 Å². The van der Waals surface area contributed by atoms with Crippen molar-refractivity contribution in [2.24, 2.45) is 10.7 Å². The molecule has 44 heavy (non-hydrogen) atoms. The van der Waals surface area contributed by atoms with Crippen molar-refractivity contribution in [1.29, 1.82) is 5.41 Å². The summed E-state index contributed by atoms with van der Waals surface area (Å²) in [5.41, 5.74) is 6.08. The summed E-state index contributed by atoms with van der Waals surface area (Å²) in [5, 5.41) is 18.6. The molecule has 2 amide bonds. The first-order valence-electron chi connectivity index (χ1n) is 14.3. The van der Waals surface area contributed by atoms with Crippen LogP contribution >= 0.6 is 11.6 Å². The Hall–Kier alpha value is -4.30. The molecule has 3 aliphatic heterocycles. The van der Waals surface area contributed by atoms with E-state index in [1.807, 2.05) is 4.90 Å². The molecule has 0 spiro atoms. The number of amides is 2. The van der Waals surface area contributed by atoms with Crippen molar-refractivity contribution in [3.8, 4) is 17.0 Å². The van der Waals surface area contributed by atoms with Crippen LogP contribution in [0.3, 0.4) is 0 Å². The van der Waals surface area contributed by atoms with Gasteiger partial charge in [0.15, 0.2) is 0 Å². The Morgan fingerprint density at radius 2 is 1.86 bits per heavy atom. The van der Waals surface area contributed by atoms with Crippen LogP contribution < -0.4 is 21.1 Å². The number of carbonyl (C=O) groups is 2. The fraction of sp³-hybridized carbons (Fsp3) is 0.414. The number of nitrogens with zero attached hydrogens (tertiary/aromatic N) is 5. The van der Waals surface area contributed by atoms with E-state index in [1.165, 1.54) is 24.4 Å². The third kappa shape index (κ3) is 7.08. The molecule has 0 aliphatic carbocycles. The Morgan fingerprint density at radius 3 is 2.48 bits per heavy atom. The van der Waals surface area contributed by atoms with Crippen molar-refractivity contribution >= 4 is 41.2 Å². The van der Waals surface area contributed by atoms with Crippen molar-refractivity contribution in [2.75, 3.05) is 31.5 Å². The quantitative estimate of drug-likeness (QED) is 0.197. The summed E-state index contributed by atoms with van der Waals surface area (Å²) in [6.07, 6.45) is 9.65. The van der Waals surface area contributed by atoms with Gasteiger partial charge in [0.25, 0.3) is 5.91 Å². The van der Waals surface area contributed by atoms with E-state index in [-0.39, 0.29) is 51.1 Å². The number of benzene rings is 1. The Balaban J connectivity index is 1.42. The predicted molar refractivity (Wildman–Crippen MR) is 163 cm³/mol. The lowest BCUT2D eigenvalue weighted by Crippen LogP contribution is -2.48. The molecule has 0 atom stereocenters. The van der Waals surface area contributed by atoms with E-state index >= 15 is 0 Å². The molecule has 5 N–H and O–H groups in total. The third-order valence-corrected chi connectivity index (χ3v) is 8.27. The summed E-state index contributed by atoms with van der Waals surface area (Å²) < 4.78 is 33.2. The minimum absolute atomic E-state index is 0.0352. The van der Waals surface area contributed by atoms with Crippen LogP contribution in [-0.2, 0) is 9.59 Å². The van der Waals surface area contributed by atoms with Crippen LogP contribution in [0.15, 0.2) is 53.1 Å². The molecule has 234 valence electrons. The molecule has 4 heterocycles. The van der Waals surface area contributed by atoms with Gasteiger partial charge in [-0.2, -0.15) is 13.9 Å². The van der Waals surface area contributed by atoms with E-state index < -0.39 is 18.4 Å². The number of carbonyl (C=O) groups excluding carboxylic acids is 2. The molecular formula is C29H34ClF2N9O3. The van der Waals surface area contributed by atoms with Gasteiger partial charge in [-0.3, -0.25) is 19.7 Å². The number of aromatic nitrogens is 2. The van der Waals surface area contributed by atoms with Gasteiger partial charge in [-0.05, 0) is 50.0 Å². The van der Waals surface area contributed by atoms with Crippen LogP contribution in [0.5, 0.6) is 5.75 Å². The molecular weight excluding hydrogens is 596 g/mol. The number of alkyl halides is 2. The molecule has 0 unspecified atom stereocenters. The average Bonchev–Trinajstić information content (AvgIpc) is 3.41. The van der Waals surface area contributed by atoms with Crippen LogP contribution in [0.2, 0.25) is 5.02 Å². The van der Waals surface area contributed by atoms with Crippen molar-refractivity contribution < 1.29 is 23.1 Å². The first kappa shape index (κ1) is 31.1. The number of nitrogens with one attached hydrogen (secondary N) is 3. The molecule has 1 aromatic carbocycles. The number of halogens is 3. The van der Waals surface area contributed by atoms with Gasteiger partial charge in [-0.15, -0.1) is 0 Å². The van der Waals surface area contributed by atoms with E-state index in [1.54, 1.807) is 30.1 Å². The van der Waals surface area contributed by atoms with Crippen molar-refractivity contribution in [3.63, 3.8) is 0 Å². The van der Waals surface area contributed by atoms with Gasteiger partial charge in [0.1, 0.15) is 28.7 Å². The number of nitrogens with two attached hydrogens (primary N) is 1. The Kier molecular flexibility index (Phi) is 9.59. The van der Waals surface area contributed by atoms with E-state index in [0.717, 1.165) is 51.9 Å². The minimum atomic E-state index is -3.10. The molecule has 3 aliphatic rings. The Labute approximate surface area is 258 Å². The maximum absolute atomic E-state index is 13.5. The number of amidine groups is 1. The molecule has 2 fully saturated rings. The smallest absolute Gasteiger partial charge is 0.387 e. The first-order chi connectivity index (χ1) is 21.1. The summed E-state index contributed by atoms with van der Waals surface area (Å²) in [7, 11) is 0. The largest absolute Gasteiger partial charge is 0.434 e. The molecule has 1 aromatic heterocycles. The molecule has 0 radical (unpaired) electrons. The highest BCUT2D eigenvalue weighted by Gasteiger charge is 2.31. The second-order valence-corrected chi connectivity index (χ2v) is 11.2. The lowest BCUT2D eigenvalue weighted by Gasteiger charge is -2.41. The van der Waals surface area contributed by atoms with Crippen LogP contribution in [0.1, 0.15) is 38.6 Å². The van der Waals surface area contributed by atoms with Crippen molar-refractivity contribution in [2.45, 2.75) is 51.3 Å². The topological polar surface area (TPSA) is 154 Å². The van der Waals surface area contributed by atoms with E-state index in [4.69, 9.17) is 32.6 Å². The Bertz CT molecular complexity index is 1510. The van der Waals surface area contributed by atoms with Crippen LogP contribution in [0, 0.1) is 5.41 Å². The maximum atomic E-state index is 13.5. The molecule has 0 bridgehead atoms. The number of aliphatic imine (C=N–C) groups is 1. The number of rotatable bonds is 8. The summed E-state index contributed by atoms with van der Waals surface area (Å²) in [4.78, 5) is 33.6. The van der Waals surface area contributed by atoms with E-state index in [2.05, 4.69) is 20.5 Å². The van der Waals surface area contributed by atoms with Crippen LogP contribution in [0.25, 0.3) is 11.3 Å². The summed E-state index contributed by atoms with van der Waals surface area (Å²) in [6.45, 7) is 1.65. The molecule has 12 nitrogen and oxygen atoms in total. The highest BCUT2D eigenvalue weighted by atomic mass is 35.5. The zero-order chi connectivity index (χ0) is 31.4. The molecule has 15 heteroatoms. The van der Waals surface area contributed by atoms with Gasteiger partial charge in [0.05, 0.1) is 11.7 Å². The fourth-order valence-corrected chi connectivity index (χ4v) is 5.99. The van der Waals surface area contributed by atoms with Gasteiger partial charge >= 0.3 is 6.61 Å². The second-order valence-electron chi connectivity index (χ2n) is 10.8. The van der Waals surface area contributed by atoms with Gasteiger partial charge in [-0.1, -0.05) is 11.6 Å². The van der Waals surface area contributed by atoms with Crippen LogP contribution in [-0.4, -0.2) is 82.3 Å². The van der Waals surface area contributed by atoms with Crippen molar-refractivity contribution in [1.82, 2.24) is 24.9 Å². The van der Waals surface area contributed by atoms with E-state index in [0.29, 0.717) is 6.04 Å². The van der Waals surface area contributed by atoms with Crippen molar-refractivity contribution in [3.05, 3.63) is 53.1 Å². The number of piperidine rings is 2. The summed E-state index contributed by atoms with van der Waals surface area (Å²) in [5.74, 6) is -1.23. The lowest BCUT2D eigenvalue weighted by molar-refractivity contribution is -0.130. The predicted octanol–water partition coefficient (Wildman–Crippen LogP) is 3.73. The average molecular weight is 630 g/mol. The highest BCUT2D eigenvalue weighted by Crippen LogP contribution is 2.38. The standard InChI is InChI=1S/C29H34ClF2N9O3/c1-17(42)39-11-5-19(6-12-39)40-13-7-20(8-14-40)41-16-22(37-28(43)24(26(33)34)27-35-9-2-10-36-27)25(38-41)21-15-18(30)3-4-23(21)44-29(31)32/h2-4,9-10,15-16,19-20,29,35H,5-8,11-14H2,1H3,(H3,33,34)(H,37,43)/b27-24-. The van der Waals surface area contributed by atoms with Gasteiger partial charge < -0.3 is 30.9 Å². The number of ether oxygens (including phenoxy) is 1. The zero-order valence-corrected chi connectivity index (χ0v) is 24.9. The zero-order valence-electron chi connectivity index (χ0n) is 24.1. The SMILES string of the molecule is CC(=O)N1CCC(N2CCC(n3cc(NC(=O)/C(C(=N)N)=C4\N=CC=CN4)c(-c4cc(Cl)ccc4OC(F)F)n3)CC2)CC1. The molecule has 0 saturated carbocycles. The molecule has 2 aromatic rings. The monoisotopic (exact) mass is 629 g/mol. The third-order valence-electron chi connectivity index (χ3n) is 8.03. The minimum Gasteiger partial charge on any atom is -0.434 e. The number of hydrogen-bond donors (Lipinski definition) is 4. The maximum Gasteiger partial charge on any atom is 0.387 e.